The summed E-state index contributed by atoms with van der Waals surface area (Å²) in [5.74, 6) is 0.698. The fourth-order valence-corrected chi connectivity index (χ4v) is 2.98. The molecule has 3 rings (SSSR count). The molecular formula is C19H23N3O4. The molecule has 0 aliphatic carbocycles. The molecule has 1 aromatic carbocycles. The van der Waals surface area contributed by atoms with Gasteiger partial charge in [0.05, 0.1) is 25.5 Å². The quantitative estimate of drug-likeness (QED) is 0.845. The van der Waals surface area contributed by atoms with Crippen LogP contribution in [0.25, 0.3) is 0 Å². The lowest BCUT2D eigenvalue weighted by atomic mass is 10.2. The first-order valence-electron chi connectivity index (χ1n) is 8.60. The summed E-state index contributed by atoms with van der Waals surface area (Å²) in [6.07, 6.45) is 2.95. The molecule has 0 bridgehead atoms. The van der Waals surface area contributed by atoms with Gasteiger partial charge in [-0.25, -0.2) is 0 Å². The van der Waals surface area contributed by atoms with Crippen LogP contribution in [0.15, 0.2) is 47.3 Å². The van der Waals surface area contributed by atoms with E-state index in [-0.39, 0.29) is 11.8 Å². The molecule has 26 heavy (non-hydrogen) atoms. The number of para-hydroxylation sites is 1. The van der Waals surface area contributed by atoms with Gasteiger partial charge in [0.1, 0.15) is 12.0 Å². The minimum Gasteiger partial charge on any atom is -0.496 e. The lowest BCUT2D eigenvalue weighted by Crippen LogP contribution is -2.51. The Balaban J connectivity index is 1.43. The van der Waals surface area contributed by atoms with E-state index in [0.717, 1.165) is 11.3 Å². The smallest absolute Gasteiger partial charge is 0.257 e. The number of ether oxygens (including phenoxy) is 1. The summed E-state index contributed by atoms with van der Waals surface area (Å²) in [6, 6.07) is 9.28. The second-order valence-corrected chi connectivity index (χ2v) is 6.17. The Bertz CT molecular complexity index is 737. The van der Waals surface area contributed by atoms with Crippen molar-refractivity contribution in [3.05, 3.63) is 54.0 Å². The summed E-state index contributed by atoms with van der Waals surface area (Å²) in [4.78, 5) is 28.3. The number of nitrogens with zero attached hydrogens (tertiary/aromatic N) is 2. The Morgan fingerprint density at radius 1 is 1.15 bits per heavy atom. The molecule has 1 fully saturated rings. The number of carbonyl (C=O) groups excluding carboxylic acids is 2. The highest BCUT2D eigenvalue weighted by Crippen LogP contribution is 2.16. The lowest BCUT2D eigenvalue weighted by Gasteiger charge is -2.34. The molecule has 1 aromatic heterocycles. The van der Waals surface area contributed by atoms with Crippen LogP contribution in [0.4, 0.5) is 0 Å². The van der Waals surface area contributed by atoms with Gasteiger partial charge in [-0.05, 0) is 12.1 Å². The molecule has 1 saturated heterocycles. The van der Waals surface area contributed by atoms with Crippen LogP contribution in [0.2, 0.25) is 0 Å². The molecule has 2 amide bonds. The fraction of sp³-hybridized carbons (Fsp3) is 0.368. The normalized spacial score (nSPS) is 14.9. The van der Waals surface area contributed by atoms with Crippen LogP contribution < -0.4 is 10.1 Å². The molecule has 0 atom stereocenters. The number of hydrogen-bond acceptors (Lipinski definition) is 5. The van der Waals surface area contributed by atoms with Crippen molar-refractivity contribution in [2.45, 2.75) is 6.54 Å². The van der Waals surface area contributed by atoms with E-state index in [1.165, 1.54) is 12.5 Å². The minimum atomic E-state index is -0.0366. The number of carbonyl (C=O) groups is 2. The first kappa shape index (κ1) is 18.0. The monoisotopic (exact) mass is 357 g/mol. The van der Waals surface area contributed by atoms with E-state index < -0.39 is 0 Å². The Morgan fingerprint density at radius 3 is 2.62 bits per heavy atom. The Hall–Kier alpha value is -2.80. The summed E-state index contributed by atoms with van der Waals surface area (Å²) in [7, 11) is 1.62. The van der Waals surface area contributed by atoms with Crippen LogP contribution in [0.5, 0.6) is 5.75 Å². The first-order valence-corrected chi connectivity index (χ1v) is 8.60. The Morgan fingerprint density at radius 2 is 1.92 bits per heavy atom. The van der Waals surface area contributed by atoms with Gasteiger partial charge in [-0.2, -0.15) is 0 Å². The van der Waals surface area contributed by atoms with Crippen molar-refractivity contribution in [3.63, 3.8) is 0 Å². The van der Waals surface area contributed by atoms with Gasteiger partial charge in [0.15, 0.2) is 0 Å². The van der Waals surface area contributed by atoms with Gasteiger partial charge >= 0.3 is 0 Å². The van der Waals surface area contributed by atoms with Crippen molar-refractivity contribution in [1.82, 2.24) is 15.1 Å². The molecule has 7 heteroatoms. The molecule has 2 heterocycles. The molecule has 0 unspecified atom stereocenters. The Kier molecular flexibility index (Phi) is 5.91. The second-order valence-electron chi connectivity index (χ2n) is 6.17. The highest BCUT2D eigenvalue weighted by Gasteiger charge is 2.23. The van der Waals surface area contributed by atoms with E-state index in [2.05, 4.69) is 10.2 Å². The minimum absolute atomic E-state index is 0.0287. The zero-order valence-corrected chi connectivity index (χ0v) is 14.8. The predicted molar refractivity (Wildman–Crippen MR) is 95.9 cm³/mol. The van der Waals surface area contributed by atoms with Crippen LogP contribution in [0, 0.1) is 0 Å². The third-order valence-corrected chi connectivity index (χ3v) is 4.46. The molecule has 7 nitrogen and oxygen atoms in total. The van der Waals surface area contributed by atoms with Crippen molar-refractivity contribution in [3.8, 4) is 5.75 Å². The molecule has 0 radical (unpaired) electrons. The van der Waals surface area contributed by atoms with E-state index >= 15 is 0 Å². The molecule has 1 aliphatic heterocycles. The number of nitrogens with one attached hydrogen (secondary N) is 1. The SMILES string of the molecule is COc1ccccc1CNC(=O)CN1CCN(C(=O)c2ccoc2)CC1. The number of amides is 2. The topological polar surface area (TPSA) is 75.0 Å². The maximum atomic E-state index is 12.3. The van der Waals surface area contributed by atoms with Crippen LogP contribution in [-0.2, 0) is 11.3 Å². The third kappa shape index (κ3) is 4.43. The molecule has 2 aromatic rings. The van der Waals surface area contributed by atoms with Crippen LogP contribution >= 0.6 is 0 Å². The van der Waals surface area contributed by atoms with Crippen molar-refractivity contribution in [2.24, 2.45) is 0 Å². The van der Waals surface area contributed by atoms with Crippen molar-refractivity contribution < 1.29 is 18.7 Å². The highest BCUT2D eigenvalue weighted by molar-refractivity contribution is 5.93. The average molecular weight is 357 g/mol. The zero-order valence-electron chi connectivity index (χ0n) is 14.8. The van der Waals surface area contributed by atoms with E-state index in [0.29, 0.717) is 44.8 Å². The van der Waals surface area contributed by atoms with Gasteiger partial charge in [-0.15, -0.1) is 0 Å². The van der Waals surface area contributed by atoms with E-state index in [4.69, 9.17) is 9.15 Å². The maximum absolute atomic E-state index is 12.3. The Labute approximate surface area is 152 Å². The standard InChI is InChI=1S/C19H23N3O4/c1-25-17-5-3-2-4-15(17)12-20-18(23)13-21-7-9-22(10-8-21)19(24)16-6-11-26-14-16/h2-6,11,14H,7-10,12-13H2,1H3,(H,20,23). The molecule has 0 spiro atoms. The summed E-state index contributed by atoms with van der Waals surface area (Å²) in [5.41, 5.74) is 1.51. The van der Waals surface area contributed by atoms with Gasteiger partial charge in [0.25, 0.3) is 5.91 Å². The number of rotatable bonds is 6. The van der Waals surface area contributed by atoms with E-state index in [1.807, 2.05) is 24.3 Å². The summed E-state index contributed by atoms with van der Waals surface area (Å²) < 4.78 is 10.2. The van der Waals surface area contributed by atoms with Gasteiger partial charge in [0.2, 0.25) is 5.91 Å². The molecular weight excluding hydrogens is 334 g/mol. The largest absolute Gasteiger partial charge is 0.496 e. The number of hydrogen-bond donors (Lipinski definition) is 1. The molecule has 138 valence electrons. The van der Waals surface area contributed by atoms with Gasteiger partial charge in [0, 0.05) is 38.3 Å². The molecule has 1 N–H and O–H groups in total. The van der Waals surface area contributed by atoms with Gasteiger partial charge in [-0.1, -0.05) is 18.2 Å². The summed E-state index contributed by atoms with van der Waals surface area (Å²) in [5, 5.41) is 2.92. The first-order chi connectivity index (χ1) is 12.7. The summed E-state index contributed by atoms with van der Waals surface area (Å²) in [6.45, 7) is 3.30. The number of piperazine rings is 1. The van der Waals surface area contributed by atoms with Crippen molar-refractivity contribution in [1.29, 1.82) is 0 Å². The van der Waals surface area contributed by atoms with Crippen LogP contribution in [-0.4, -0.2) is 61.4 Å². The average Bonchev–Trinajstić information content (AvgIpc) is 3.21. The number of methoxy groups -OCH3 is 1. The fourth-order valence-electron chi connectivity index (χ4n) is 2.98. The lowest BCUT2D eigenvalue weighted by molar-refractivity contribution is -0.122. The van der Waals surface area contributed by atoms with Gasteiger partial charge < -0.3 is 19.4 Å². The molecule has 1 aliphatic rings. The van der Waals surface area contributed by atoms with Crippen molar-refractivity contribution >= 4 is 11.8 Å². The second kappa shape index (κ2) is 8.53. The maximum Gasteiger partial charge on any atom is 0.257 e. The molecule has 0 saturated carbocycles. The summed E-state index contributed by atoms with van der Waals surface area (Å²) >= 11 is 0. The third-order valence-electron chi connectivity index (χ3n) is 4.46. The highest BCUT2D eigenvalue weighted by atomic mass is 16.5. The van der Waals surface area contributed by atoms with Crippen LogP contribution in [0.3, 0.4) is 0 Å². The zero-order chi connectivity index (χ0) is 18.4. The van der Waals surface area contributed by atoms with Gasteiger partial charge in [-0.3, -0.25) is 14.5 Å². The van der Waals surface area contributed by atoms with E-state index in [1.54, 1.807) is 18.1 Å². The predicted octanol–water partition coefficient (Wildman–Crippen LogP) is 1.36. The van der Waals surface area contributed by atoms with Crippen molar-refractivity contribution in [2.75, 3.05) is 39.8 Å². The van der Waals surface area contributed by atoms with Crippen LogP contribution in [0.1, 0.15) is 15.9 Å². The van der Waals surface area contributed by atoms with E-state index in [9.17, 15) is 9.59 Å². The number of furan rings is 1. The number of benzene rings is 1.